The number of hydrogen-bond donors (Lipinski definition) is 2. The van der Waals surface area contributed by atoms with Crippen LogP contribution in [-0.4, -0.2) is 50.3 Å². The summed E-state index contributed by atoms with van der Waals surface area (Å²) in [5, 5.41) is 6.80. The molecule has 1 aromatic carbocycles. The number of nitrogens with one attached hydrogen (secondary N) is 2. The predicted molar refractivity (Wildman–Crippen MR) is 133 cm³/mol. The highest BCUT2D eigenvalue weighted by atomic mass is 127. The monoisotopic (exact) mass is 539 g/mol. The highest BCUT2D eigenvalue weighted by Crippen LogP contribution is 2.47. The van der Waals surface area contributed by atoms with Crippen molar-refractivity contribution in [1.82, 2.24) is 15.6 Å². The fourth-order valence-electron chi connectivity index (χ4n) is 3.91. The quantitative estimate of drug-likeness (QED) is 0.321. The van der Waals surface area contributed by atoms with Crippen LogP contribution in [0, 0.1) is 5.82 Å². The molecule has 1 aromatic heterocycles. The summed E-state index contributed by atoms with van der Waals surface area (Å²) < 4.78 is 19.1. The summed E-state index contributed by atoms with van der Waals surface area (Å²) in [7, 11) is 0. The van der Waals surface area contributed by atoms with E-state index in [1.807, 2.05) is 18.3 Å². The number of nitrogens with zero attached hydrogens (tertiary/aromatic N) is 3. The molecule has 2 aliphatic rings. The van der Waals surface area contributed by atoms with Gasteiger partial charge in [0.25, 0.3) is 0 Å². The summed E-state index contributed by atoms with van der Waals surface area (Å²) in [6, 6.07) is 11.0. The molecule has 1 saturated carbocycles. The van der Waals surface area contributed by atoms with Crippen LogP contribution < -0.4 is 15.5 Å². The number of guanidine groups is 1. The summed E-state index contributed by atoms with van der Waals surface area (Å²) in [5.41, 5.74) is 2.17. The molecule has 31 heavy (non-hydrogen) atoms. The highest BCUT2D eigenvalue weighted by Gasteiger charge is 2.44. The molecule has 2 fully saturated rings. The lowest BCUT2D eigenvalue weighted by atomic mass is 9.96. The van der Waals surface area contributed by atoms with Crippen molar-refractivity contribution < 1.29 is 9.13 Å². The van der Waals surface area contributed by atoms with Crippen molar-refractivity contribution in [2.24, 2.45) is 4.99 Å². The Morgan fingerprint density at radius 1 is 1.19 bits per heavy atom. The van der Waals surface area contributed by atoms with Crippen LogP contribution >= 0.6 is 24.0 Å². The number of aliphatic imine (C=N–C) groups is 1. The smallest absolute Gasteiger partial charge is 0.191 e. The predicted octanol–water partition coefficient (Wildman–Crippen LogP) is 3.46. The van der Waals surface area contributed by atoms with Crippen LogP contribution in [0.1, 0.15) is 30.9 Å². The van der Waals surface area contributed by atoms with Gasteiger partial charge in [0.05, 0.1) is 19.8 Å². The zero-order chi connectivity index (χ0) is 20.8. The minimum absolute atomic E-state index is 0. The number of benzene rings is 1. The van der Waals surface area contributed by atoms with Crippen LogP contribution in [0.5, 0.6) is 0 Å². The van der Waals surface area contributed by atoms with Crippen molar-refractivity contribution in [3.63, 3.8) is 0 Å². The second-order valence-corrected chi connectivity index (χ2v) is 7.92. The van der Waals surface area contributed by atoms with Crippen LogP contribution in [0.15, 0.2) is 47.6 Å². The molecule has 1 aliphatic heterocycles. The molecule has 1 saturated heterocycles. The van der Waals surface area contributed by atoms with E-state index in [9.17, 15) is 4.39 Å². The molecule has 1 aliphatic carbocycles. The fourth-order valence-corrected chi connectivity index (χ4v) is 3.91. The van der Waals surface area contributed by atoms with Crippen LogP contribution in [-0.2, 0) is 16.7 Å². The van der Waals surface area contributed by atoms with Gasteiger partial charge in [0.1, 0.15) is 11.6 Å². The first-order valence-corrected chi connectivity index (χ1v) is 10.7. The maximum atomic E-state index is 13.7. The summed E-state index contributed by atoms with van der Waals surface area (Å²) >= 11 is 0. The first kappa shape index (κ1) is 23.7. The van der Waals surface area contributed by atoms with E-state index in [4.69, 9.17) is 9.73 Å². The zero-order valence-electron chi connectivity index (χ0n) is 17.9. The minimum atomic E-state index is -0.174. The lowest BCUT2D eigenvalue weighted by Crippen LogP contribution is -2.41. The molecule has 2 heterocycles. The third kappa shape index (κ3) is 6.06. The van der Waals surface area contributed by atoms with Crippen molar-refractivity contribution in [2.45, 2.75) is 31.7 Å². The van der Waals surface area contributed by atoms with E-state index < -0.39 is 0 Å². The van der Waals surface area contributed by atoms with Gasteiger partial charge in [-0.25, -0.2) is 14.4 Å². The molecule has 0 bridgehead atoms. The van der Waals surface area contributed by atoms with E-state index in [1.54, 1.807) is 12.1 Å². The molecule has 4 rings (SSSR count). The number of aromatic nitrogens is 1. The van der Waals surface area contributed by atoms with Crippen molar-refractivity contribution in [3.8, 4) is 0 Å². The Balaban J connectivity index is 0.00000272. The molecule has 6 nitrogen and oxygen atoms in total. The molecule has 0 spiro atoms. The van der Waals surface area contributed by atoms with Crippen molar-refractivity contribution in [3.05, 3.63) is 59.5 Å². The average Bonchev–Trinajstić information content (AvgIpc) is 3.58. The Morgan fingerprint density at radius 3 is 2.71 bits per heavy atom. The Labute approximate surface area is 200 Å². The maximum Gasteiger partial charge on any atom is 0.191 e. The van der Waals surface area contributed by atoms with E-state index in [0.717, 1.165) is 75.1 Å². The third-order valence-corrected chi connectivity index (χ3v) is 5.81. The molecule has 0 radical (unpaired) electrons. The van der Waals surface area contributed by atoms with E-state index in [2.05, 4.69) is 33.5 Å². The Kier molecular flexibility index (Phi) is 8.48. The number of anilines is 1. The van der Waals surface area contributed by atoms with Crippen molar-refractivity contribution in [2.75, 3.05) is 44.3 Å². The topological polar surface area (TPSA) is 61.8 Å². The van der Waals surface area contributed by atoms with Crippen molar-refractivity contribution in [1.29, 1.82) is 0 Å². The van der Waals surface area contributed by atoms with Gasteiger partial charge in [0, 0.05) is 43.4 Å². The van der Waals surface area contributed by atoms with Crippen LogP contribution in [0.3, 0.4) is 0 Å². The van der Waals surface area contributed by atoms with Gasteiger partial charge in [-0.05, 0) is 43.5 Å². The minimum Gasteiger partial charge on any atom is -0.378 e. The molecule has 2 aromatic rings. The van der Waals surface area contributed by atoms with E-state index in [0.29, 0.717) is 6.54 Å². The third-order valence-electron chi connectivity index (χ3n) is 5.81. The van der Waals surface area contributed by atoms with E-state index >= 15 is 0 Å². The molecule has 168 valence electrons. The number of ether oxygens (including phenoxy) is 1. The SMILES string of the molecule is CCNC(=NCc1cccnc1N1CCOCC1)NCC1(c2cccc(F)c2)CC1.I. The summed E-state index contributed by atoms with van der Waals surface area (Å²) in [6.07, 6.45) is 3.95. The normalized spacial score (nSPS) is 17.6. The average molecular weight is 539 g/mol. The van der Waals surface area contributed by atoms with Gasteiger partial charge in [-0.1, -0.05) is 18.2 Å². The summed E-state index contributed by atoms with van der Waals surface area (Å²) in [6.45, 7) is 7.28. The Bertz CT molecular complexity index is 884. The molecule has 0 atom stereocenters. The Morgan fingerprint density at radius 2 is 2.00 bits per heavy atom. The highest BCUT2D eigenvalue weighted by molar-refractivity contribution is 14.0. The molecule has 0 amide bonds. The van der Waals surface area contributed by atoms with E-state index in [-0.39, 0.29) is 35.2 Å². The number of halogens is 2. The van der Waals surface area contributed by atoms with Gasteiger partial charge in [0.15, 0.2) is 5.96 Å². The number of pyridine rings is 1. The lowest BCUT2D eigenvalue weighted by Gasteiger charge is -2.29. The standard InChI is InChI=1S/C23H30FN5O.HI/c1-2-25-22(28-17-23(8-9-23)19-6-3-7-20(24)15-19)27-16-18-5-4-10-26-21(18)29-11-13-30-14-12-29;/h3-7,10,15H,2,8-9,11-14,16-17H2,1H3,(H2,25,27,28);1H. The van der Waals surface area contributed by atoms with Gasteiger partial charge in [-0.15, -0.1) is 24.0 Å². The fraction of sp³-hybridized carbons (Fsp3) is 0.478. The van der Waals surface area contributed by atoms with Crippen molar-refractivity contribution >= 4 is 35.8 Å². The van der Waals surface area contributed by atoms with Gasteiger partial charge >= 0.3 is 0 Å². The first-order valence-electron chi connectivity index (χ1n) is 10.7. The van der Waals surface area contributed by atoms with Crippen LogP contribution in [0.25, 0.3) is 0 Å². The first-order chi connectivity index (χ1) is 14.7. The van der Waals surface area contributed by atoms with Gasteiger partial charge in [-0.2, -0.15) is 0 Å². The summed E-state index contributed by atoms with van der Waals surface area (Å²) in [5.74, 6) is 1.59. The molecular formula is C23H31FIN5O. The van der Waals surface area contributed by atoms with Gasteiger partial charge < -0.3 is 20.3 Å². The zero-order valence-corrected chi connectivity index (χ0v) is 20.3. The second kappa shape index (κ2) is 11.1. The van der Waals surface area contributed by atoms with Gasteiger partial charge in [0.2, 0.25) is 0 Å². The van der Waals surface area contributed by atoms with Crippen LogP contribution in [0.2, 0.25) is 0 Å². The largest absolute Gasteiger partial charge is 0.378 e. The second-order valence-electron chi connectivity index (χ2n) is 7.92. The molecule has 0 unspecified atom stereocenters. The van der Waals surface area contributed by atoms with E-state index in [1.165, 1.54) is 6.07 Å². The summed E-state index contributed by atoms with van der Waals surface area (Å²) in [4.78, 5) is 11.7. The molecule has 8 heteroatoms. The molecule has 2 N–H and O–H groups in total. The molecular weight excluding hydrogens is 508 g/mol. The lowest BCUT2D eigenvalue weighted by molar-refractivity contribution is 0.122. The van der Waals surface area contributed by atoms with Crippen LogP contribution in [0.4, 0.5) is 10.2 Å². The number of hydrogen-bond acceptors (Lipinski definition) is 4. The number of morpholine rings is 1. The van der Waals surface area contributed by atoms with Gasteiger partial charge in [-0.3, -0.25) is 0 Å². The Hall–Kier alpha value is -1.94. The maximum absolute atomic E-state index is 13.7. The number of rotatable bonds is 7.